The number of anilines is 2. The fourth-order valence-corrected chi connectivity index (χ4v) is 1.68. The molecule has 0 aliphatic rings. The zero-order valence-electron chi connectivity index (χ0n) is 8.60. The number of nitrogens with zero attached hydrogens (tertiary/aromatic N) is 2. The number of hydrogen-bond donors (Lipinski definition) is 2. The molecule has 0 atom stereocenters. The van der Waals surface area contributed by atoms with Gasteiger partial charge in [0.05, 0.1) is 6.20 Å². The minimum atomic E-state index is -0.467. The molecule has 0 amide bonds. The smallest absolute Gasteiger partial charge is 0.339 e. The Morgan fingerprint density at radius 2 is 2.31 bits per heavy atom. The normalized spacial score (nSPS) is 10.1. The van der Waals surface area contributed by atoms with Crippen molar-refractivity contribution in [1.29, 1.82) is 0 Å². The van der Waals surface area contributed by atoms with Crippen LogP contribution in [0.5, 0.6) is 0 Å². The van der Waals surface area contributed by atoms with Gasteiger partial charge >= 0.3 is 5.69 Å². The van der Waals surface area contributed by atoms with Crippen LogP contribution in [-0.4, -0.2) is 21.4 Å². The maximum atomic E-state index is 10.9. The molecule has 0 saturated heterocycles. The first kappa shape index (κ1) is 10.7. The van der Waals surface area contributed by atoms with Gasteiger partial charge in [-0.3, -0.25) is 0 Å². The van der Waals surface area contributed by atoms with Crippen LogP contribution < -0.4 is 11.0 Å². The van der Waals surface area contributed by atoms with Crippen LogP contribution in [0, 0.1) is 0 Å². The molecule has 0 spiro atoms. The standard InChI is InChI=1S/C10H10N4OS/c1-16-8-4-2-3-7(5-8)12-9-6-11-14-10(15)13-9/h2-6H,1H3,(H2,12,13,14,15). The van der Waals surface area contributed by atoms with E-state index >= 15 is 0 Å². The van der Waals surface area contributed by atoms with E-state index in [4.69, 9.17) is 0 Å². The Kier molecular flexibility index (Phi) is 3.21. The highest BCUT2D eigenvalue weighted by Crippen LogP contribution is 2.20. The van der Waals surface area contributed by atoms with E-state index in [0.717, 1.165) is 10.6 Å². The fourth-order valence-electron chi connectivity index (χ4n) is 1.22. The van der Waals surface area contributed by atoms with E-state index in [0.29, 0.717) is 5.82 Å². The summed E-state index contributed by atoms with van der Waals surface area (Å²) in [6.45, 7) is 0. The molecule has 0 fully saturated rings. The Hall–Kier alpha value is -1.82. The van der Waals surface area contributed by atoms with Crippen LogP contribution in [0.15, 0.2) is 40.2 Å². The van der Waals surface area contributed by atoms with Gasteiger partial charge in [-0.15, -0.1) is 11.8 Å². The minimum Gasteiger partial charge on any atom is -0.339 e. The zero-order chi connectivity index (χ0) is 11.4. The number of aromatic nitrogens is 3. The van der Waals surface area contributed by atoms with Gasteiger partial charge in [0.1, 0.15) is 0 Å². The number of thioether (sulfide) groups is 1. The largest absolute Gasteiger partial charge is 0.363 e. The summed E-state index contributed by atoms with van der Waals surface area (Å²) in [5.74, 6) is 0.432. The SMILES string of the molecule is CSc1cccc(Nc2cn[nH]c(=O)n2)c1. The van der Waals surface area contributed by atoms with Crippen molar-refractivity contribution < 1.29 is 0 Å². The second-order valence-electron chi connectivity index (χ2n) is 3.03. The molecular formula is C10H10N4OS. The van der Waals surface area contributed by atoms with Crippen molar-refractivity contribution in [2.45, 2.75) is 4.90 Å². The monoisotopic (exact) mass is 234 g/mol. The molecule has 1 aromatic heterocycles. The van der Waals surface area contributed by atoms with E-state index in [1.165, 1.54) is 6.20 Å². The number of benzene rings is 1. The molecule has 0 bridgehead atoms. The van der Waals surface area contributed by atoms with Crippen molar-refractivity contribution >= 4 is 23.3 Å². The first-order valence-electron chi connectivity index (χ1n) is 4.61. The summed E-state index contributed by atoms with van der Waals surface area (Å²) in [6, 6.07) is 7.84. The van der Waals surface area contributed by atoms with Gasteiger partial charge < -0.3 is 5.32 Å². The number of aromatic amines is 1. The van der Waals surface area contributed by atoms with Crippen LogP contribution in [0.2, 0.25) is 0 Å². The molecule has 2 rings (SSSR count). The van der Waals surface area contributed by atoms with Crippen LogP contribution in [0.25, 0.3) is 0 Å². The summed E-state index contributed by atoms with van der Waals surface area (Å²) in [5, 5.41) is 8.89. The van der Waals surface area contributed by atoms with E-state index < -0.39 is 5.69 Å². The van der Waals surface area contributed by atoms with Gasteiger partial charge in [-0.05, 0) is 24.5 Å². The number of hydrogen-bond acceptors (Lipinski definition) is 5. The van der Waals surface area contributed by atoms with Gasteiger partial charge in [0.2, 0.25) is 0 Å². The van der Waals surface area contributed by atoms with Gasteiger partial charge in [-0.25, -0.2) is 9.89 Å². The third kappa shape index (κ3) is 2.60. The molecule has 82 valence electrons. The molecule has 16 heavy (non-hydrogen) atoms. The zero-order valence-corrected chi connectivity index (χ0v) is 9.41. The highest BCUT2D eigenvalue weighted by atomic mass is 32.2. The first-order valence-corrected chi connectivity index (χ1v) is 5.83. The van der Waals surface area contributed by atoms with Gasteiger partial charge in [-0.2, -0.15) is 10.1 Å². The van der Waals surface area contributed by atoms with Gasteiger partial charge in [0.15, 0.2) is 5.82 Å². The summed E-state index contributed by atoms with van der Waals surface area (Å²) in [4.78, 5) is 15.8. The summed E-state index contributed by atoms with van der Waals surface area (Å²) in [6.07, 6.45) is 3.47. The molecule has 1 heterocycles. The maximum Gasteiger partial charge on any atom is 0.363 e. The molecule has 0 saturated carbocycles. The van der Waals surface area contributed by atoms with Gasteiger partial charge in [-0.1, -0.05) is 6.07 Å². The lowest BCUT2D eigenvalue weighted by Crippen LogP contribution is -2.13. The number of H-pyrrole nitrogens is 1. The number of rotatable bonds is 3. The highest BCUT2D eigenvalue weighted by molar-refractivity contribution is 7.98. The lowest BCUT2D eigenvalue weighted by Gasteiger charge is -2.05. The molecule has 0 aliphatic carbocycles. The molecule has 6 heteroatoms. The van der Waals surface area contributed by atoms with Gasteiger partial charge in [0, 0.05) is 10.6 Å². The predicted molar refractivity (Wildman–Crippen MR) is 64.2 cm³/mol. The van der Waals surface area contributed by atoms with E-state index in [2.05, 4.69) is 20.5 Å². The topological polar surface area (TPSA) is 70.7 Å². The molecule has 2 aromatic rings. The van der Waals surface area contributed by atoms with Crippen molar-refractivity contribution in [3.8, 4) is 0 Å². The van der Waals surface area contributed by atoms with Crippen LogP contribution in [0.4, 0.5) is 11.5 Å². The van der Waals surface area contributed by atoms with E-state index in [9.17, 15) is 4.79 Å². The summed E-state index contributed by atoms with van der Waals surface area (Å²) < 4.78 is 0. The summed E-state index contributed by atoms with van der Waals surface area (Å²) in [5.41, 5.74) is 0.415. The molecule has 0 unspecified atom stereocenters. The van der Waals surface area contributed by atoms with Crippen molar-refractivity contribution in [3.05, 3.63) is 40.9 Å². The van der Waals surface area contributed by atoms with E-state index in [1.54, 1.807) is 11.8 Å². The van der Waals surface area contributed by atoms with E-state index in [1.807, 2.05) is 30.5 Å². The Morgan fingerprint density at radius 3 is 3.06 bits per heavy atom. The van der Waals surface area contributed by atoms with Crippen LogP contribution in [0.3, 0.4) is 0 Å². The Morgan fingerprint density at radius 1 is 1.44 bits per heavy atom. The second-order valence-corrected chi connectivity index (χ2v) is 3.91. The van der Waals surface area contributed by atoms with Crippen LogP contribution in [0.1, 0.15) is 0 Å². The van der Waals surface area contributed by atoms with Gasteiger partial charge in [0.25, 0.3) is 0 Å². The quantitative estimate of drug-likeness (QED) is 0.790. The lowest BCUT2D eigenvalue weighted by molar-refractivity contribution is 0.918. The summed E-state index contributed by atoms with van der Waals surface area (Å²) >= 11 is 1.65. The predicted octanol–water partition coefficient (Wildman–Crippen LogP) is 1.63. The third-order valence-electron chi connectivity index (χ3n) is 1.91. The minimum absolute atomic E-state index is 0.432. The van der Waals surface area contributed by atoms with Crippen molar-refractivity contribution in [2.75, 3.05) is 11.6 Å². The number of nitrogens with one attached hydrogen (secondary N) is 2. The summed E-state index contributed by atoms with van der Waals surface area (Å²) in [7, 11) is 0. The molecule has 1 aromatic carbocycles. The molecule has 0 aliphatic heterocycles. The molecule has 0 radical (unpaired) electrons. The molecule has 2 N–H and O–H groups in total. The molecule has 5 nitrogen and oxygen atoms in total. The average molecular weight is 234 g/mol. The Bertz CT molecular complexity index is 540. The maximum absolute atomic E-state index is 10.9. The Labute approximate surface area is 96.3 Å². The average Bonchev–Trinajstić information content (AvgIpc) is 2.29. The molecular weight excluding hydrogens is 224 g/mol. The van der Waals surface area contributed by atoms with Crippen molar-refractivity contribution in [2.24, 2.45) is 0 Å². The van der Waals surface area contributed by atoms with Crippen LogP contribution in [-0.2, 0) is 0 Å². The van der Waals surface area contributed by atoms with Crippen LogP contribution >= 0.6 is 11.8 Å². The highest BCUT2D eigenvalue weighted by Gasteiger charge is 1.98. The van der Waals surface area contributed by atoms with Crippen molar-refractivity contribution in [1.82, 2.24) is 15.2 Å². The fraction of sp³-hybridized carbons (Fsp3) is 0.100. The first-order chi connectivity index (χ1) is 7.78. The Balaban J connectivity index is 2.23. The van der Waals surface area contributed by atoms with E-state index in [-0.39, 0.29) is 0 Å². The van der Waals surface area contributed by atoms with Crippen molar-refractivity contribution in [3.63, 3.8) is 0 Å². The third-order valence-corrected chi connectivity index (χ3v) is 2.64. The lowest BCUT2D eigenvalue weighted by atomic mass is 10.3. The second kappa shape index (κ2) is 4.80.